The molecule has 3 heterocycles. The van der Waals surface area contributed by atoms with Crippen molar-refractivity contribution >= 4 is 17.9 Å². The number of hydrogen-bond acceptors (Lipinski definition) is 6. The number of nitrogens with zero attached hydrogens (tertiary/aromatic N) is 3. The number of piperidine rings is 1. The standard InChI is InChI=1S/C17H28N4O5/c1-25-16(23)14-12-20(17(24)19-8-10-26-11-9-19)6-7-21(14)15(22)13-2-4-18-5-3-13/h13-14,18H,2-12H2,1H3/t14-/m1/s1. The Morgan fingerprint density at radius 1 is 1.00 bits per heavy atom. The summed E-state index contributed by atoms with van der Waals surface area (Å²) in [6.45, 7) is 4.76. The Bertz CT molecular complexity index is 531. The number of ether oxygens (including phenoxy) is 2. The molecule has 0 aromatic heterocycles. The van der Waals surface area contributed by atoms with Crippen molar-refractivity contribution in [2.45, 2.75) is 18.9 Å². The third kappa shape index (κ3) is 4.09. The van der Waals surface area contributed by atoms with Crippen molar-refractivity contribution < 1.29 is 23.9 Å². The molecule has 0 aromatic carbocycles. The first kappa shape index (κ1) is 18.9. The number of nitrogens with one attached hydrogen (secondary N) is 1. The second-order valence-electron chi connectivity index (χ2n) is 6.92. The molecule has 1 atom stereocenters. The van der Waals surface area contributed by atoms with Crippen LogP contribution in [-0.4, -0.2) is 105 Å². The lowest BCUT2D eigenvalue weighted by molar-refractivity contribution is -0.157. The summed E-state index contributed by atoms with van der Waals surface area (Å²) in [5, 5.41) is 3.25. The number of amides is 3. The van der Waals surface area contributed by atoms with Crippen LogP contribution < -0.4 is 5.32 Å². The quantitative estimate of drug-likeness (QED) is 0.637. The zero-order valence-corrected chi connectivity index (χ0v) is 15.3. The average Bonchev–Trinajstić information content (AvgIpc) is 2.73. The Labute approximate surface area is 153 Å². The third-order valence-electron chi connectivity index (χ3n) is 5.38. The van der Waals surface area contributed by atoms with E-state index < -0.39 is 12.0 Å². The number of carbonyl (C=O) groups is 3. The first-order valence-corrected chi connectivity index (χ1v) is 9.32. The molecule has 3 saturated heterocycles. The zero-order valence-electron chi connectivity index (χ0n) is 15.3. The molecule has 3 rings (SSSR count). The lowest BCUT2D eigenvalue weighted by Crippen LogP contribution is -2.63. The summed E-state index contributed by atoms with van der Waals surface area (Å²) < 4.78 is 10.2. The summed E-state index contributed by atoms with van der Waals surface area (Å²) in [5.74, 6) is -0.531. The van der Waals surface area contributed by atoms with Crippen molar-refractivity contribution in [3.63, 3.8) is 0 Å². The van der Waals surface area contributed by atoms with Gasteiger partial charge in [0.2, 0.25) is 5.91 Å². The number of carbonyl (C=O) groups excluding carboxylic acids is 3. The van der Waals surface area contributed by atoms with E-state index in [1.807, 2.05) is 0 Å². The van der Waals surface area contributed by atoms with Crippen LogP contribution >= 0.6 is 0 Å². The molecular weight excluding hydrogens is 340 g/mol. The van der Waals surface area contributed by atoms with Gasteiger partial charge in [-0.05, 0) is 25.9 Å². The van der Waals surface area contributed by atoms with E-state index in [-0.39, 0.29) is 24.4 Å². The summed E-state index contributed by atoms with van der Waals surface area (Å²) in [6.07, 6.45) is 1.55. The molecule has 146 valence electrons. The normalized spacial score (nSPS) is 25.1. The van der Waals surface area contributed by atoms with E-state index in [0.717, 1.165) is 25.9 Å². The van der Waals surface area contributed by atoms with Gasteiger partial charge in [0, 0.05) is 32.1 Å². The van der Waals surface area contributed by atoms with Crippen molar-refractivity contribution in [3.8, 4) is 0 Å². The Kier molecular flexibility index (Phi) is 6.31. The van der Waals surface area contributed by atoms with Crippen LogP contribution in [0.1, 0.15) is 12.8 Å². The second-order valence-corrected chi connectivity index (χ2v) is 6.92. The minimum atomic E-state index is -0.735. The van der Waals surface area contributed by atoms with Crippen LogP contribution in [0.25, 0.3) is 0 Å². The van der Waals surface area contributed by atoms with Gasteiger partial charge < -0.3 is 29.5 Å². The number of esters is 1. The van der Waals surface area contributed by atoms with Crippen LogP contribution in [0, 0.1) is 5.92 Å². The first-order chi connectivity index (χ1) is 12.6. The van der Waals surface area contributed by atoms with Gasteiger partial charge in [0.15, 0.2) is 0 Å². The van der Waals surface area contributed by atoms with Crippen LogP contribution in [0.15, 0.2) is 0 Å². The van der Waals surface area contributed by atoms with E-state index in [0.29, 0.717) is 39.4 Å². The Morgan fingerprint density at radius 2 is 1.69 bits per heavy atom. The summed E-state index contributed by atoms with van der Waals surface area (Å²) in [5.41, 5.74) is 0. The average molecular weight is 368 g/mol. The SMILES string of the molecule is COC(=O)[C@H]1CN(C(=O)N2CCOCC2)CCN1C(=O)C1CCNCC1. The topological polar surface area (TPSA) is 91.4 Å². The molecule has 3 aliphatic rings. The van der Waals surface area contributed by atoms with Crippen LogP contribution in [-0.2, 0) is 19.1 Å². The van der Waals surface area contributed by atoms with Crippen molar-refractivity contribution in [1.29, 1.82) is 0 Å². The first-order valence-electron chi connectivity index (χ1n) is 9.32. The largest absolute Gasteiger partial charge is 0.467 e. The summed E-state index contributed by atoms with van der Waals surface area (Å²) in [6, 6.07) is -0.836. The van der Waals surface area contributed by atoms with Gasteiger partial charge in [0.1, 0.15) is 6.04 Å². The maximum Gasteiger partial charge on any atom is 0.330 e. The van der Waals surface area contributed by atoms with E-state index in [9.17, 15) is 14.4 Å². The lowest BCUT2D eigenvalue weighted by atomic mass is 9.95. The highest BCUT2D eigenvalue weighted by molar-refractivity contribution is 5.87. The molecule has 0 bridgehead atoms. The van der Waals surface area contributed by atoms with Gasteiger partial charge in [-0.3, -0.25) is 4.79 Å². The minimum Gasteiger partial charge on any atom is -0.467 e. The highest BCUT2D eigenvalue weighted by atomic mass is 16.5. The summed E-state index contributed by atoms with van der Waals surface area (Å²) >= 11 is 0. The number of methoxy groups -OCH3 is 1. The molecular formula is C17H28N4O5. The number of morpholine rings is 1. The van der Waals surface area contributed by atoms with Crippen LogP contribution in [0.2, 0.25) is 0 Å². The molecule has 1 N–H and O–H groups in total. The molecule has 0 aliphatic carbocycles. The van der Waals surface area contributed by atoms with Crippen LogP contribution in [0.4, 0.5) is 4.79 Å². The van der Waals surface area contributed by atoms with E-state index in [2.05, 4.69) is 5.32 Å². The molecule has 26 heavy (non-hydrogen) atoms. The van der Waals surface area contributed by atoms with Crippen molar-refractivity contribution in [3.05, 3.63) is 0 Å². The molecule has 9 heteroatoms. The molecule has 3 fully saturated rings. The van der Waals surface area contributed by atoms with Gasteiger partial charge in [-0.15, -0.1) is 0 Å². The predicted octanol–water partition coefficient (Wildman–Crippen LogP) is -0.876. The fourth-order valence-electron chi connectivity index (χ4n) is 3.82. The summed E-state index contributed by atoms with van der Waals surface area (Å²) in [7, 11) is 1.32. The van der Waals surface area contributed by atoms with E-state index in [1.54, 1.807) is 14.7 Å². The Hall–Kier alpha value is -1.87. The molecule has 0 aromatic rings. The van der Waals surface area contributed by atoms with Gasteiger partial charge >= 0.3 is 12.0 Å². The van der Waals surface area contributed by atoms with Crippen molar-refractivity contribution in [2.75, 3.05) is 66.1 Å². The van der Waals surface area contributed by atoms with Gasteiger partial charge in [0.25, 0.3) is 0 Å². The molecule has 0 spiro atoms. The molecule has 0 unspecified atom stereocenters. The Morgan fingerprint density at radius 3 is 2.35 bits per heavy atom. The van der Waals surface area contributed by atoms with E-state index in [4.69, 9.17) is 9.47 Å². The summed E-state index contributed by atoms with van der Waals surface area (Å²) in [4.78, 5) is 43.0. The monoisotopic (exact) mass is 368 g/mol. The van der Waals surface area contributed by atoms with Gasteiger partial charge in [-0.2, -0.15) is 0 Å². The maximum absolute atomic E-state index is 12.9. The van der Waals surface area contributed by atoms with Crippen molar-refractivity contribution in [2.24, 2.45) is 5.92 Å². The lowest BCUT2D eigenvalue weighted by Gasteiger charge is -2.43. The highest BCUT2D eigenvalue weighted by Crippen LogP contribution is 2.21. The number of piperazine rings is 1. The van der Waals surface area contributed by atoms with E-state index >= 15 is 0 Å². The van der Waals surface area contributed by atoms with Crippen molar-refractivity contribution in [1.82, 2.24) is 20.0 Å². The van der Waals surface area contributed by atoms with Gasteiger partial charge in [0.05, 0.1) is 26.9 Å². The molecule has 3 amide bonds. The molecule has 3 aliphatic heterocycles. The molecule has 9 nitrogen and oxygen atoms in total. The van der Waals surface area contributed by atoms with Crippen LogP contribution in [0.5, 0.6) is 0 Å². The fraction of sp³-hybridized carbons (Fsp3) is 0.824. The number of rotatable bonds is 2. The number of hydrogen-bond donors (Lipinski definition) is 1. The third-order valence-corrected chi connectivity index (χ3v) is 5.38. The predicted molar refractivity (Wildman–Crippen MR) is 92.5 cm³/mol. The van der Waals surface area contributed by atoms with E-state index in [1.165, 1.54) is 7.11 Å². The van der Waals surface area contributed by atoms with Crippen LogP contribution in [0.3, 0.4) is 0 Å². The minimum absolute atomic E-state index is 0.000344. The molecule has 0 saturated carbocycles. The zero-order chi connectivity index (χ0) is 18.5. The van der Waals surface area contributed by atoms with Gasteiger partial charge in [-0.25, -0.2) is 9.59 Å². The molecule has 0 radical (unpaired) electrons. The van der Waals surface area contributed by atoms with Gasteiger partial charge in [-0.1, -0.05) is 0 Å². The second kappa shape index (κ2) is 8.68. The maximum atomic E-state index is 12.9. The highest BCUT2D eigenvalue weighted by Gasteiger charge is 2.40. The Balaban J connectivity index is 1.67. The number of urea groups is 1. The smallest absolute Gasteiger partial charge is 0.330 e. The fourth-order valence-corrected chi connectivity index (χ4v) is 3.82.